The molecule has 3 fully saturated rings. The molecule has 2 saturated carbocycles. The van der Waals surface area contributed by atoms with Crippen molar-refractivity contribution >= 4 is 5.82 Å². The summed E-state index contributed by atoms with van der Waals surface area (Å²) in [7, 11) is 0. The number of anilines is 1. The van der Waals surface area contributed by atoms with Crippen LogP contribution in [-0.2, 0) is 0 Å². The number of aromatic nitrogens is 2. The maximum atomic E-state index is 12.5. The van der Waals surface area contributed by atoms with Gasteiger partial charge in [-0.25, -0.2) is 4.98 Å². The first-order valence-electron chi connectivity index (χ1n) is 8.37. The third kappa shape index (κ3) is 2.98. The highest BCUT2D eigenvalue weighted by Crippen LogP contribution is 2.33. The van der Waals surface area contributed by atoms with Crippen LogP contribution in [0.25, 0.3) is 0 Å². The Hall–Kier alpha value is -1.36. The summed E-state index contributed by atoms with van der Waals surface area (Å²) in [4.78, 5) is 19.0. The summed E-state index contributed by atoms with van der Waals surface area (Å²) in [6, 6.07) is 1.23. The topological polar surface area (TPSA) is 50.2 Å². The minimum Gasteiger partial charge on any atom is -0.352 e. The van der Waals surface area contributed by atoms with Crippen LogP contribution in [0.15, 0.2) is 17.2 Å². The van der Waals surface area contributed by atoms with Crippen molar-refractivity contribution in [2.24, 2.45) is 5.92 Å². The van der Waals surface area contributed by atoms with Crippen molar-refractivity contribution in [3.05, 3.63) is 22.7 Å². The first-order chi connectivity index (χ1) is 10.3. The van der Waals surface area contributed by atoms with Gasteiger partial charge in [0, 0.05) is 37.6 Å². The summed E-state index contributed by atoms with van der Waals surface area (Å²) in [5.41, 5.74) is 0.106. The average molecular weight is 288 g/mol. The fourth-order valence-corrected chi connectivity index (χ4v) is 3.24. The molecule has 2 aliphatic carbocycles. The second kappa shape index (κ2) is 5.44. The van der Waals surface area contributed by atoms with E-state index in [1.807, 2.05) is 10.8 Å². The molecule has 0 radical (unpaired) electrons. The summed E-state index contributed by atoms with van der Waals surface area (Å²) in [6.45, 7) is 3.08. The second-order valence-corrected chi connectivity index (χ2v) is 6.81. The van der Waals surface area contributed by atoms with Gasteiger partial charge in [0.15, 0.2) is 5.82 Å². The maximum absolute atomic E-state index is 12.5. The molecule has 1 saturated heterocycles. The van der Waals surface area contributed by atoms with Gasteiger partial charge in [-0.2, -0.15) is 0 Å². The number of hydrogen-bond donors (Lipinski definition) is 1. The smallest absolute Gasteiger partial charge is 0.293 e. The maximum Gasteiger partial charge on any atom is 0.293 e. The first-order valence-corrected chi connectivity index (χ1v) is 8.37. The highest BCUT2D eigenvalue weighted by Gasteiger charge is 2.28. The molecule has 0 bridgehead atoms. The van der Waals surface area contributed by atoms with E-state index in [4.69, 9.17) is 0 Å². The van der Waals surface area contributed by atoms with Crippen LogP contribution in [0.1, 0.15) is 44.6 Å². The Morgan fingerprint density at radius 1 is 1.14 bits per heavy atom. The van der Waals surface area contributed by atoms with Crippen molar-refractivity contribution in [2.45, 2.75) is 50.6 Å². The predicted octanol–water partition coefficient (Wildman–Crippen LogP) is 1.55. The van der Waals surface area contributed by atoms with Crippen LogP contribution in [0.4, 0.5) is 5.82 Å². The van der Waals surface area contributed by atoms with Crippen LogP contribution in [0, 0.1) is 5.92 Å². The van der Waals surface area contributed by atoms with Crippen LogP contribution in [0.3, 0.4) is 0 Å². The minimum absolute atomic E-state index is 0.106. The lowest BCUT2D eigenvalue weighted by Gasteiger charge is -2.32. The zero-order valence-corrected chi connectivity index (χ0v) is 12.5. The monoisotopic (exact) mass is 288 g/mol. The van der Waals surface area contributed by atoms with Gasteiger partial charge >= 0.3 is 0 Å². The lowest BCUT2D eigenvalue weighted by atomic mass is 9.97. The summed E-state index contributed by atoms with van der Waals surface area (Å²) in [6.07, 6.45) is 10.9. The normalized spacial score (nSPS) is 23.5. The van der Waals surface area contributed by atoms with Crippen LogP contribution < -0.4 is 15.8 Å². The average Bonchev–Trinajstić information content (AvgIpc) is 3.39. The van der Waals surface area contributed by atoms with Gasteiger partial charge in [-0.15, -0.1) is 0 Å². The number of hydrogen-bond acceptors (Lipinski definition) is 4. The molecule has 5 nitrogen and oxygen atoms in total. The van der Waals surface area contributed by atoms with Crippen molar-refractivity contribution in [3.8, 4) is 0 Å². The van der Waals surface area contributed by atoms with Gasteiger partial charge in [-0.1, -0.05) is 0 Å². The molecule has 0 amide bonds. The molecule has 1 aromatic rings. The van der Waals surface area contributed by atoms with Gasteiger partial charge in [0.25, 0.3) is 5.56 Å². The van der Waals surface area contributed by atoms with Gasteiger partial charge in [0.2, 0.25) is 0 Å². The minimum atomic E-state index is 0.106. The van der Waals surface area contributed by atoms with E-state index in [1.165, 1.54) is 25.7 Å². The molecular weight excluding hydrogens is 264 g/mol. The van der Waals surface area contributed by atoms with Gasteiger partial charge in [-0.05, 0) is 51.0 Å². The number of nitrogens with zero attached hydrogens (tertiary/aromatic N) is 3. The zero-order valence-electron chi connectivity index (χ0n) is 12.5. The van der Waals surface area contributed by atoms with E-state index in [9.17, 15) is 4.79 Å². The summed E-state index contributed by atoms with van der Waals surface area (Å²) in [5.74, 6) is 1.43. The van der Waals surface area contributed by atoms with E-state index >= 15 is 0 Å². The molecule has 5 heteroatoms. The van der Waals surface area contributed by atoms with E-state index in [2.05, 4.69) is 15.2 Å². The standard InChI is InChI=1S/C16H24N4O/c21-16-15(17-7-10-20(16)14-3-4-14)19-8-5-12(6-9-19)11-18-13-1-2-13/h7,10,12-14,18H,1-6,8-9,11H2. The number of rotatable bonds is 5. The van der Waals surface area contributed by atoms with Gasteiger partial charge in [0.05, 0.1) is 0 Å². The third-order valence-electron chi connectivity index (χ3n) is 4.98. The molecule has 3 aliphatic rings. The highest BCUT2D eigenvalue weighted by atomic mass is 16.1. The second-order valence-electron chi connectivity index (χ2n) is 6.81. The summed E-state index contributed by atoms with van der Waals surface area (Å²) in [5, 5.41) is 3.62. The predicted molar refractivity (Wildman–Crippen MR) is 82.7 cm³/mol. The molecule has 4 rings (SSSR count). The number of nitrogens with one attached hydrogen (secondary N) is 1. The lowest BCUT2D eigenvalue weighted by Crippen LogP contribution is -2.41. The van der Waals surface area contributed by atoms with E-state index in [0.29, 0.717) is 11.9 Å². The molecule has 2 heterocycles. The fraction of sp³-hybridized carbons (Fsp3) is 0.750. The zero-order chi connectivity index (χ0) is 14.2. The molecule has 1 aliphatic heterocycles. The van der Waals surface area contributed by atoms with Crippen LogP contribution in [0.2, 0.25) is 0 Å². The van der Waals surface area contributed by atoms with E-state index in [-0.39, 0.29) is 5.56 Å². The van der Waals surface area contributed by atoms with Gasteiger partial charge < -0.3 is 14.8 Å². The molecule has 0 spiro atoms. The van der Waals surface area contributed by atoms with Crippen molar-refractivity contribution < 1.29 is 0 Å². The molecule has 0 unspecified atom stereocenters. The largest absolute Gasteiger partial charge is 0.352 e. The Morgan fingerprint density at radius 2 is 1.90 bits per heavy atom. The molecule has 1 N–H and O–H groups in total. The summed E-state index contributed by atoms with van der Waals surface area (Å²) < 4.78 is 1.88. The number of piperidine rings is 1. The van der Waals surface area contributed by atoms with E-state index < -0.39 is 0 Å². The molecular formula is C16H24N4O. The van der Waals surface area contributed by atoms with Crippen LogP contribution >= 0.6 is 0 Å². The Kier molecular flexibility index (Phi) is 3.45. The van der Waals surface area contributed by atoms with Crippen LogP contribution in [-0.4, -0.2) is 35.2 Å². The third-order valence-corrected chi connectivity index (χ3v) is 4.98. The molecule has 0 atom stereocenters. The SMILES string of the molecule is O=c1c(N2CCC(CNC3CC3)CC2)nccn1C1CC1. The summed E-state index contributed by atoms with van der Waals surface area (Å²) >= 11 is 0. The van der Waals surface area contributed by atoms with Crippen molar-refractivity contribution in [1.82, 2.24) is 14.9 Å². The highest BCUT2D eigenvalue weighted by molar-refractivity contribution is 5.36. The van der Waals surface area contributed by atoms with Gasteiger partial charge in [-0.3, -0.25) is 4.79 Å². The molecule has 1 aromatic heterocycles. The Bertz CT molecular complexity index is 554. The molecule has 0 aromatic carbocycles. The van der Waals surface area contributed by atoms with Crippen molar-refractivity contribution in [3.63, 3.8) is 0 Å². The van der Waals surface area contributed by atoms with Crippen molar-refractivity contribution in [1.29, 1.82) is 0 Å². The van der Waals surface area contributed by atoms with E-state index in [1.54, 1.807) is 6.20 Å². The Balaban J connectivity index is 1.39. The van der Waals surface area contributed by atoms with Gasteiger partial charge in [0.1, 0.15) is 0 Å². The first kappa shape index (κ1) is 13.3. The molecule has 21 heavy (non-hydrogen) atoms. The Labute approximate surface area is 125 Å². The lowest BCUT2D eigenvalue weighted by molar-refractivity contribution is 0.380. The van der Waals surface area contributed by atoms with E-state index in [0.717, 1.165) is 44.4 Å². The fourth-order valence-electron chi connectivity index (χ4n) is 3.24. The van der Waals surface area contributed by atoms with Crippen LogP contribution in [0.5, 0.6) is 0 Å². The molecule has 114 valence electrons. The quantitative estimate of drug-likeness (QED) is 0.893. The van der Waals surface area contributed by atoms with Crippen molar-refractivity contribution in [2.75, 3.05) is 24.5 Å². The Morgan fingerprint density at radius 3 is 2.57 bits per heavy atom.